The lowest BCUT2D eigenvalue weighted by Gasteiger charge is -2.07. The van der Waals surface area contributed by atoms with Gasteiger partial charge in [0, 0.05) is 12.1 Å². The molecule has 0 spiro atoms. The molecule has 5 heteroatoms. The molecule has 0 saturated carbocycles. The van der Waals surface area contributed by atoms with Gasteiger partial charge in [0.05, 0.1) is 0 Å². The van der Waals surface area contributed by atoms with Gasteiger partial charge < -0.3 is 10.6 Å². The van der Waals surface area contributed by atoms with E-state index in [1.54, 1.807) is 12.1 Å². The molecule has 0 saturated heterocycles. The Morgan fingerprint density at radius 2 is 1.68 bits per heavy atom. The van der Waals surface area contributed by atoms with Crippen molar-refractivity contribution in [1.82, 2.24) is 10.2 Å². The lowest BCUT2D eigenvalue weighted by Crippen LogP contribution is -2.14. The van der Waals surface area contributed by atoms with Crippen LogP contribution in [0.15, 0.2) is 66.7 Å². The molecule has 0 bridgehead atoms. The monoisotopic (exact) mass is 332 g/mol. The number of hydrogen-bond acceptors (Lipinski definition) is 4. The molecule has 0 aliphatic carbocycles. The van der Waals surface area contributed by atoms with Gasteiger partial charge >= 0.3 is 0 Å². The molecule has 3 aromatic rings. The first-order valence-corrected chi connectivity index (χ1v) is 8.20. The fourth-order valence-electron chi connectivity index (χ4n) is 2.44. The van der Waals surface area contributed by atoms with Crippen LogP contribution in [-0.2, 0) is 11.2 Å². The van der Waals surface area contributed by atoms with Crippen LogP contribution in [-0.4, -0.2) is 16.1 Å². The second kappa shape index (κ2) is 8.06. The van der Waals surface area contributed by atoms with Crippen molar-refractivity contribution in [2.24, 2.45) is 0 Å². The number of nitrogens with zero attached hydrogens (tertiary/aromatic N) is 2. The second-order valence-corrected chi connectivity index (χ2v) is 5.83. The first kappa shape index (κ1) is 16.6. The highest BCUT2D eigenvalue weighted by Gasteiger charge is 2.05. The fourth-order valence-corrected chi connectivity index (χ4v) is 2.44. The van der Waals surface area contributed by atoms with Crippen molar-refractivity contribution in [1.29, 1.82) is 0 Å². The zero-order chi connectivity index (χ0) is 17.5. The van der Waals surface area contributed by atoms with Gasteiger partial charge in [-0.3, -0.25) is 4.79 Å². The van der Waals surface area contributed by atoms with Gasteiger partial charge in [0.1, 0.15) is 0 Å². The van der Waals surface area contributed by atoms with E-state index in [0.29, 0.717) is 24.5 Å². The minimum atomic E-state index is -0.0717. The van der Waals surface area contributed by atoms with Gasteiger partial charge in [-0.05, 0) is 48.7 Å². The summed E-state index contributed by atoms with van der Waals surface area (Å²) in [5.41, 5.74) is 3.26. The minimum absolute atomic E-state index is 0.0717. The standard InChI is InChI=1S/C20H20N4O/c1-15-6-5-9-17(14-15)21-18-11-12-19(24-23-18)22-20(25)13-10-16-7-3-2-4-8-16/h2-9,11-12,14H,10,13H2,1H3,(H,21,23)(H,22,24,25). The maximum atomic E-state index is 12.0. The zero-order valence-corrected chi connectivity index (χ0v) is 14.1. The molecule has 0 aliphatic heterocycles. The van der Waals surface area contributed by atoms with E-state index < -0.39 is 0 Å². The van der Waals surface area contributed by atoms with Crippen LogP contribution < -0.4 is 10.6 Å². The Hall–Kier alpha value is -3.21. The number of amides is 1. The Labute approximate surface area is 147 Å². The summed E-state index contributed by atoms with van der Waals surface area (Å²) < 4.78 is 0. The molecule has 0 radical (unpaired) electrons. The summed E-state index contributed by atoms with van der Waals surface area (Å²) in [6.45, 7) is 2.03. The molecule has 1 aromatic heterocycles. The average molecular weight is 332 g/mol. The topological polar surface area (TPSA) is 66.9 Å². The molecule has 0 atom stereocenters. The third-order valence-electron chi connectivity index (χ3n) is 3.71. The molecule has 1 amide bonds. The van der Waals surface area contributed by atoms with E-state index >= 15 is 0 Å². The Balaban J connectivity index is 1.52. The third kappa shape index (κ3) is 5.14. The van der Waals surface area contributed by atoms with E-state index in [2.05, 4.69) is 20.8 Å². The minimum Gasteiger partial charge on any atom is -0.339 e. The van der Waals surface area contributed by atoms with Crippen LogP contribution in [0.25, 0.3) is 0 Å². The van der Waals surface area contributed by atoms with Gasteiger partial charge in [-0.25, -0.2) is 0 Å². The molecular formula is C20H20N4O. The summed E-state index contributed by atoms with van der Waals surface area (Å²) in [6.07, 6.45) is 1.11. The lowest BCUT2D eigenvalue weighted by atomic mass is 10.1. The number of carbonyl (C=O) groups excluding carboxylic acids is 1. The molecular weight excluding hydrogens is 312 g/mol. The number of benzene rings is 2. The molecule has 0 aliphatic rings. The van der Waals surface area contributed by atoms with Crippen LogP contribution >= 0.6 is 0 Å². The number of rotatable bonds is 6. The summed E-state index contributed by atoms with van der Waals surface area (Å²) in [7, 11) is 0. The third-order valence-corrected chi connectivity index (χ3v) is 3.71. The van der Waals surface area contributed by atoms with Crippen molar-refractivity contribution in [3.8, 4) is 0 Å². The van der Waals surface area contributed by atoms with Crippen molar-refractivity contribution in [3.05, 3.63) is 77.9 Å². The van der Waals surface area contributed by atoms with Crippen molar-refractivity contribution in [2.45, 2.75) is 19.8 Å². The molecule has 1 heterocycles. The number of carbonyl (C=O) groups is 1. The largest absolute Gasteiger partial charge is 0.339 e. The first-order chi connectivity index (χ1) is 12.2. The fraction of sp³-hybridized carbons (Fsp3) is 0.150. The average Bonchev–Trinajstić information content (AvgIpc) is 2.63. The molecule has 2 N–H and O–H groups in total. The summed E-state index contributed by atoms with van der Waals surface area (Å²) in [4.78, 5) is 12.0. The number of aromatic nitrogens is 2. The molecule has 126 valence electrons. The van der Waals surface area contributed by atoms with E-state index in [9.17, 15) is 4.79 Å². The Bertz CT molecular complexity index is 832. The maximum absolute atomic E-state index is 12.0. The van der Waals surface area contributed by atoms with Crippen LogP contribution in [0.2, 0.25) is 0 Å². The van der Waals surface area contributed by atoms with Gasteiger partial charge in [0.25, 0.3) is 0 Å². The first-order valence-electron chi connectivity index (χ1n) is 8.20. The summed E-state index contributed by atoms with van der Waals surface area (Å²) >= 11 is 0. The highest BCUT2D eigenvalue weighted by molar-refractivity contribution is 5.89. The van der Waals surface area contributed by atoms with Crippen molar-refractivity contribution in [3.63, 3.8) is 0 Å². The number of hydrogen-bond donors (Lipinski definition) is 2. The molecule has 3 rings (SSSR count). The van der Waals surface area contributed by atoms with Gasteiger partial charge in [-0.15, -0.1) is 10.2 Å². The van der Waals surface area contributed by atoms with E-state index in [-0.39, 0.29) is 5.91 Å². The van der Waals surface area contributed by atoms with E-state index in [0.717, 1.165) is 11.3 Å². The summed E-state index contributed by atoms with van der Waals surface area (Å²) in [6, 6.07) is 21.5. The number of anilines is 3. The van der Waals surface area contributed by atoms with Crippen LogP contribution in [0.5, 0.6) is 0 Å². The number of aryl methyl sites for hydroxylation is 2. The SMILES string of the molecule is Cc1cccc(Nc2ccc(NC(=O)CCc3ccccc3)nn2)c1. The molecule has 5 nitrogen and oxygen atoms in total. The molecule has 2 aromatic carbocycles. The van der Waals surface area contributed by atoms with E-state index in [1.165, 1.54) is 5.56 Å². The van der Waals surface area contributed by atoms with Gasteiger partial charge in [-0.2, -0.15) is 0 Å². The predicted octanol–water partition coefficient (Wildman–Crippen LogP) is 4.10. The highest BCUT2D eigenvalue weighted by atomic mass is 16.1. The van der Waals surface area contributed by atoms with Crippen LogP contribution in [0, 0.1) is 6.92 Å². The highest BCUT2D eigenvalue weighted by Crippen LogP contribution is 2.16. The quantitative estimate of drug-likeness (QED) is 0.713. The molecule has 0 fully saturated rings. The second-order valence-electron chi connectivity index (χ2n) is 5.83. The Morgan fingerprint density at radius 1 is 0.920 bits per heavy atom. The summed E-state index contributed by atoms with van der Waals surface area (Å²) in [5.74, 6) is 1.01. The van der Waals surface area contributed by atoms with Gasteiger partial charge in [0.2, 0.25) is 5.91 Å². The van der Waals surface area contributed by atoms with Gasteiger partial charge in [-0.1, -0.05) is 42.5 Å². The van der Waals surface area contributed by atoms with Crippen LogP contribution in [0.4, 0.5) is 17.3 Å². The van der Waals surface area contributed by atoms with Crippen LogP contribution in [0.3, 0.4) is 0 Å². The predicted molar refractivity (Wildman–Crippen MR) is 99.9 cm³/mol. The normalized spacial score (nSPS) is 10.3. The van der Waals surface area contributed by atoms with E-state index in [4.69, 9.17) is 0 Å². The summed E-state index contributed by atoms with van der Waals surface area (Å²) in [5, 5.41) is 14.1. The molecule has 0 unspecified atom stereocenters. The lowest BCUT2D eigenvalue weighted by molar-refractivity contribution is -0.116. The number of nitrogens with one attached hydrogen (secondary N) is 2. The van der Waals surface area contributed by atoms with E-state index in [1.807, 2.05) is 61.5 Å². The van der Waals surface area contributed by atoms with Crippen molar-refractivity contribution in [2.75, 3.05) is 10.6 Å². The van der Waals surface area contributed by atoms with Crippen LogP contribution in [0.1, 0.15) is 17.5 Å². The molecule has 25 heavy (non-hydrogen) atoms. The van der Waals surface area contributed by atoms with Crippen molar-refractivity contribution >= 4 is 23.2 Å². The Kier molecular flexibility index (Phi) is 5.36. The smallest absolute Gasteiger partial charge is 0.225 e. The van der Waals surface area contributed by atoms with Crippen molar-refractivity contribution < 1.29 is 4.79 Å². The van der Waals surface area contributed by atoms with Gasteiger partial charge in [0.15, 0.2) is 11.6 Å². The zero-order valence-electron chi connectivity index (χ0n) is 14.1. The maximum Gasteiger partial charge on any atom is 0.225 e. The Morgan fingerprint density at radius 3 is 2.40 bits per heavy atom.